The number of aromatic nitrogens is 2. The Balaban J connectivity index is 1.85. The number of halogens is 2. The molecular weight excluding hydrogens is 601 g/mol. The minimum absolute atomic E-state index is 0.0171. The molecule has 1 aliphatic rings. The topological polar surface area (TPSA) is 163 Å². The van der Waals surface area contributed by atoms with E-state index >= 15 is 0 Å². The van der Waals surface area contributed by atoms with Crippen molar-refractivity contribution in [2.45, 2.75) is 76.8 Å². The first kappa shape index (κ1) is 35.5. The summed E-state index contributed by atoms with van der Waals surface area (Å²) in [6, 6.07) is 10.5. The lowest BCUT2D eigenvalue weighted by Crippen LogP contribution is -2.48. The molecule has 1 aliphatic heterocycles. The number of nitrogens with zero attached hydrogens (tertiary/aromatic N) is 4. The second-order valence-corrected chi connectivity index (χ2v) is 11.9. The third kappa shape index (κ3) is 9.53. The van der Waals surface area contributed by atoms with Crippen LogP contribution in [0.4, 0.5) is 14.6 Å². The summed E-state index contributed by atoms with van der Waals surface area (Å²) in [7, 11) is -0.593. The molecule has 44 heavy (non-hydrogen) atoms. The number of ether oxygens (including phenoxy) is 3. The molecule has 3 N–H and O–H groups in total. The molecule has 1 amide bonds. The first-order chi connectivity index (χ1) is 20.9. The van der Waals surface area contributed by atoms with Crippen molar-refractivity contribution in [1.29, 1.82) is 5.26 Å². The number of carbonyl (C=O) groups excluding carboxylic acids is 1. The van der Waals surface area contributed by atoms with Crippen molar-refractivity contribution in [2.75, 3.05) is 32.2 Å². The van der Waals surface area contributed by atoms with Gasteiger partial charge in [0.1, 0.15) is 24.6 Å². The summed E-state index contributed by atoms with van der Waals surface area (Å²) < 4.78 is 59.9. The molecule has 0 radical (unpaired) electrons. The maximum Gasteiger partial charge on any atom is 0.379 e. The van der Waals surface area contributed by atoms with Gasteiger partial charge in [-0.3, -0.25) is 9.36 Å². The maximum absolute atomic E-state index is 14.6. The number of methoxy groups -OCH3 is 1. The monoisotopic (exact) mass is 640 g/mol. The van der Waals surface area contributed by atoms with Crippen LogP contribution in [-0.4, -0.2) is 83.5 Å². The van der Waals surface area contributed by atoms with Crippen LogP contribution < -0.4 is 16.7 Å². The SMILES string of the molecule is COCC(F)(F)O[C@@H]1[C@H](N)[C@@H](COP(OCCC#N)N(C(C)C)C(C)C)O[C@H]1n1ccc(NC(=O)c2ccccc2)nc1=O. The molecule has 1 aromatic carbocycles. The number of carbonyl (C=O) groups is 1. The zero-order valence-corrected chi connectivity index (χ0v) is 26.2. The van der Waals surface area contributed by atoms with Crippen molar-refractivity contribution in [1.82, 2.24) is 14.2 Å². The number of hydrogen-bond donors (Lipinski definition) is 2. The van der Waals surface area contributed by atoms with Crippen molar-refractivity contribution in [3.8, 4) is 6.07 Å². The highest BCUT2D eigenvalue weighted by atomic mass is 31.2. The Bertz CT molecular complexity index is 1310. The molecule has 0 aliphatic carbocycles. The van der Waals surface area contributed by atoms with Gasteiger partial charge in [0.05, 0.1) is 31.7 Å². The van der Waals surface area contributed by atoms with Gasteiger partial charge in [0.25, 0.3) is 14.4 Å². The van der Waals surface area contributed by atoms with Crippen molar-refractivity contribution in [3.63, 3.8) is 0 Å². The van der Waals surface area contributed by atoms with E-state index in [0.29, 0.717) is 5.56 Å². The van der Waals surface area contributed by atoms with Crippen LogP contribution in [0.2, 0.25) is 0 Å². The molecule has 3 rings (SSSR count). The predicted octanol–water partition coefficient (Wildman–Crippen LogP) is 3.64. The van der Waals surface area contributed by atoms with Gasteiger partial charge in [-0.05, 0) is 45.9 Å². The fourth-order valence-corrected chi connectivity index (χ4v) is 6.18. The minimum atomic E-state index is -3.76. The van der Waals surface area contributed by atoms with Crippen LogP contribution >= 0.6 is 8.53 Å². The third-order valence-electron chi connectivity index (χ3n) is 6.42. The Morgan fingerprint density at radius 2 is 1.91 bits per heavy atom. The number of rotatable bonds is 16. The van der Waals surface area contributed by atoms with Crippen LogP contribution in [-0.2, 0) is 23.3 Å². The molecule has 0 bridgehead atoms. The standard InChI is InChI=1S/C28H39F2N6O7P/c1-18(2)36(19(3)4)44(40-15-9-13-31)41-16-21-23(32)24(43-28(29,30)17-39-5)26(42-21)35-14-12-22(34-27(35)38)33-25(37)20-10-7-6-8-11-20/h6-8,10-12,14,18-19,21,23-24,26H,9,15-17,32H2,1-5H3,(H,33,34,37,38)/t21-,23-,24-,26-,44?/m1/s1. The highest BCUT2D eigenvalue weighted by Gasteiger charge is 2.50. The van der Waals surface area contributed by atoms with E-state index in [1.807, 2.05) is 38.4 Å². The van der Waals surface area contributed by atoms with Gasteiger partial charge in [-0.1, -0.05) is 18.2 Å². The van der Waals surface area contributed by atoms with Gasteiger partial charge in [0, 0.05) is 31.0 Å². The Hall–Kier alpha value is -2.93. The highest BCUT2D eigenvalue weighted by Crippen LogP contribution is 2.47. The summed E-state index contributed by atoms with van der Waals surface area (Å²) in [5.74, 6) is -0.538. The average molecular weight is 641 g/mol. The number of nitrogens with two attached hydrogens (primary N) is 1. The van der Waals surface area contributed by atoms with Gasteiger partial charge in [-0.25, -0.2) is 9.46 Å². The quantitative estimate of drug-likeness (QED) is 0.203. The number of hydrogen-bond acceptors (Lipinski definition) is 11. The lowest BCUT2D eigenvalue weighted by atomic mass is 10.1. The molecule has 242 valence electrons. The van der Waals surface area contributed by atoms with E-state index in [9.17, 15) is 18.4 Å². The average Bonchev–Trinajstić information content (AvgIpc) is 3.25. The summed E-state index contributed by atoms with van der Waals surface area (Å²) in [5.41, 5.74) is 5.84. The molecule has 16 heteroatoms. The molecule has 2 heterocycles. The second kappa shape index (κ2) is 16.4. The van der Waals surface area contributed by atoms with Crippen molar-refractivity contribution in [2.24, 2.45) is 5.73 Å². The van der Waals surface area contributed by atoms with E-state index in [0.717, 1.165) is 11.7 Å². The predicted molar refractivity (Wildman–Crippen MR) is 158 cm³/mol. The number of amides is 1. The third-order valence-corrected chi connectivity index (χ3v) is 8.49. The molecular formula is C28H39F2N6O7P. The number of alkyl halides is 2. The van der Waals surface area contributed by atoms with E-state index in [1.165, 1.54) is 12.3 Å². The highest BCUT2D eigenvalue weighted by molar-refractivity contribution is 7.44. The largest absolute Gasteiger partial charge is 0.379 e. The van der Waals surface area contributed by atoms with Crippen LogP contribution in [0.3, 0.4) is 0 Å². The van der Waals surface area contributed by atoms with Gasteiger partial charge in [-0.2, -0.15) is 19.0 Å². The molecule has 5 atom stereocenters. The van der Waals surface area contributed by atoms with E-state index in [4.69, 9.17) is 29.5 Å². The van der Waals surface area contributed by atoms with Crippen molar-refractivity contribution in [3.05, 3.63) is 58.6 Å². The second-order valence-electron chi connectivity index (χ2n) is 10.5. The van der Waals surface area contributed by atoms with Crippen LogP contribution in [0.5, 0.6) is 0 Å². The zero-order valence-electron chi connectivity index (χ0n) is 25.3. The molecule has 0 spiro atoms. The Morgan fingerprint density at radius 3 is 2.50 bits per heavy atom. The number of anilines is 1. The smallest absolute Gasteiger partial charge is 0.376 e. The van der Waals surface area contributed by atoms with Crippen molar-refractivity contribution >= 4 is 20.3 Å². The fourth-order valence-electron chi connectivity index (χ4n) is 4.57. The molecule has 13 nitrogen and oxygen atoms in total. The summed E-state index contributed by atoms with van der Waals surface area (Å²) in [6.07, 6.45) is -6.30. The van der Waals surface area contributed by atoms with Crippen LogP contribution in [0.1, 0.15) is 50.7 Å². The molecule has 0 saturated carbocycles. The Labute approximate surface area is 256 Å². The Kier molecular flexibility index (Phi) is 13.2. The maximum atomic E-state index is 14.6. The fraction of sp³-hybridized carbons (Fsp3) is 0.571. The molecule has 1 fully saturated rings. The zero-order chi connectivity index (χ0) is 32.4. The van der Waals surface area contributed by atoms with Crippen LogP contribution in [0, 0.1) is 11.3 Å². The lowest BCUT2D eigenvalue weighted by Gasteiger charge is -2.36. The van der Waals surface area contributed by atoms with E-state index in [2.05, 4.69) is 15.0 Å². The van der Waals surface area contributed by atoms with E-state index < -0.39 is 57.3 Å². The Morgan fingerprint density at radius 1 is 1.23 bits per heavy atom. The number of nitrogens with one attached hydrogen (secondary N) is 1. The molecule has 1 unspecified atom stereocenters. The molecule has 2 aromatic rings. The van der Waals surface area contributed by atoms with E-state index in [-0.39, 0.29) is 37.5 Å². The summed E-state index contributed by atoms with van der Waals surface area (Å²) in [6.45, 7) is 6.75. The van der Waals surface area contributed by atoms with Gasteiger partial charge in [0.15, 0.2) is 6.23 Å². The first-order valence-corrected chi connectivity index (χ1v) is 15.1. The molecule has 1 aromatic heterocycles. The number of benzene rings is 1. The summed E-state index contributed by atoms with van der Waals surface area (Å²) in [4.78, 5) is 29.5. The minimum Gasteiger partial charge on any atom is -0.376 e. The van der Waals surface area contributed by atoms with Gasteiger partial charge in [-0.15, -0.1) is 0 Å². The number of nitriles is 1. The van der Waals surface area contributed by atoms with Crippen LogP contribution in [0.15, 0.2) is 47.4 Å². The lowest BCUT2D eigenvalue weighted by molar-refractivity contribution is -0.293. The van der Waals surface area contributed by atoms with Gasteiger partial charge < -0.3 is 34.3 Å². The van der Waals surface area contributed by atoms with E-state index in [1.54, 1.807) is 30.3 Å². The summed E-state index contributed by atoms with van der Waals surface area (Å²) >= 11 is 0. The molecule has 1 saturated heterocycles. The van der Waals surface area contributed by atoms with Gasteiger partial charge >= 0.3 is 11.8 Å². The van der Waals surface area contributed by atoms with Gasteiger partial charge in [0.2, 0.25) is 0 Å². The first-order valence-electron chi connectivity index (χ1n) is 14.0. The van der Waals surface area contributed by atoms with Crippen LogP contribution in [0.25, 0.3) is 0 Å². The normalized spacial score (nSPS) is 21.1. The van der Waals surface area contributed by atoms with Crippen molar-refractivity contribution < 1.29 is 36.8 Å². The summed E-state index contributed by atoms with van der Waals surface area (Å²) in [5, 5.41) is 11.5.